The number of nitrogens with one attached hydrogen (secondary N) is 1. The third-order valence-corrected chi connectivity index (χ3v) is 3.89. The van der Waals surface area contributed by atoms with Crippen molar-refractivity contribution in [2.45, 2.75) is 38.7 Å². The fourth-order valence-electron chi connectivity index (χ4n) is 2.68. The highest BCUT2D eigenvalue weighted by Gasteiger charge is 2.20. The number of carbonyl (C=O) groups is 3. The topological polar surface area (TPSA) is 81.7 Å². The molecule has 0 aliphatic heterocycles. The Morgan fingerprint density at radius 2 is 1.76 bits per heavy atom. The molecular formula is C17H19F2NO5. The second kappa shape index (κ2) is 9.10. The average Bonchev–Trinajstić information content (AvgIpc) is 3.06. The summed E-state index contributed by atoms with van der Waals surface area (Å²) >= 11 is 0. The zero-order valence-corrected chi connectivity index (χ0v) is 13.5. The molecule has 2 amide bonds. The molecule has 1 aliphatic carbocycles. The molecule has 0 saturated heterocycles. The van der Waals surface area contributed by atoms with Crippen molar-refractivity contribution in [3.8, 4) is 5.75 Å². The third kappa shape index (κ3) is 6.48. The Morgan fingerprint density at radius 1 is 1.12 bits per heavy atom. The van der Waals surface area contributed by atoms with Gasteiger partial charge in [-0.1, -0.05) is 12.8 Å². The molecule has 1 saturated carbocycles. The molecule has 1 N–H and O–H groups in total. The van der Waals surface area contributed by atoms with E-state index in [1.54, 1.807) is 0 Å². The number of esters is 1. The van der Waals surface area contributed by atoms with Gasteiger partial charge in [-0.2, -0.15) is 8.78 Å². The minimum atomic E-state index is -2.96. The van der Waals surface area contributed by atoms with Crippen LogP contribution in [0.15, 0.2) is 24.3 Å². The molecule has 0 bridgehead atoms. The summed E-state index contributed by atoms with van der Waals surface area (Å²) < 4.78 is 33.1. The smallest absolute Gasteiger partial charge is 0.387 e. The first-order chi connectivity index (χ1) is 11.9. The van der Waals surface area contributed by atoms with E-state index < -0.39 is 31.0 Å². The Labute approximate surface area is 143 Å². The molecule has 1 aliphatic rings. The van der Waals surface area contributed by atoms with Crippen LogP contribution in [0.25, 0.3) is 0 Å². The molecule has 1 fully saturated rings. The summed E-state index contributed by atoms with van der Waals surface area (Å²) in [6.07, 6.45) is 4.48. The average molecular weight is 355 g/mol. The predicted molar refractivity (Wildman–Crippen MR) is 83.1 cm³/mol. The first-order valence-corrected chi connectivity index (χ1v) is 7.98. The summed E-state index contributed by atoms with van der Waals surface area (Å²) in [6.45, 7) is -3.50. The Bertz CT molecular complexity index is 612. The number of hydrogen-bond acceptors (Lipinski definition) is 5. The Kier molecular flexibility index (Phi) is 6.85. The van der Waals surface area contributed by atoms with Crippen molar-refractivity contribution in [1.82, 2.24) is 5.32 Å². The monoisotopic (exact) mass is 355 g/mol. The van der Waals surface area contributed by atoms with Gasteiger partial charge in [-0.3, -0.25) is 19.7 Å². The summed E-state index contributed by atoms with van der Waals surface area (Å²) in [5.74, 6) is -1.72. The van der Waals surface area contributed by atoms with Crippen LogP contribution >= 0.6 is 0 Å². The number of ether oxygens (including phenoxy) is 2. The number of hydrogen-bond donors (Lipinski definition) is 1. The molecule has 8 heteroatoms. The van der Waals surface area contributed by atoms with Crippen LogP contribution in [0.2, 0.25) is 0 Å². The van der Waals surface area contributed by atoms with Gasteiger partial charge in [-0.15, -0.1) is 0 Å². The summed E-state index contributed by atoms with van der Waals surface area (Å²) in [6, 6.07) is 4.86. The van der Waals surface area contributed by atoms with Crippen LogP contribution in [-0.4, -0.2) is 31.0 Å². The molecule has 0 radical (unpaired) electrons. The van der Waals surface area contributed by atoms with Crippen molar-refractivity contribution in [2.24, 2.45) is 5.92 Å². The fraction of sp³-hybridized carbons (Fsp3) is 0.471. The van der Waals surface area contributed by atoms with Gasteiger partial charge in [0, 0.05) is 12.0 Å². The molecule has 0 spiro atoms. The summed E-state index contributed by atoms with van der Waals surface area (Å²) in [7, 11) is 0. The standard InChI is InChI=1S/C17H19F2NO5/c18-17(19)25-13-7-5-12(6-8-13)16(23)20-14(21)10-24-15(22)9-11-3-1-2-4-11/h5-8,11,17H,1-4,9-10H2,(H,20,21,23). The van der Waals surface area contributed by atoms with Gasteiger partial charge in [0.05, 0.1) is 0 Å². The Balaban J connectivity index is 1.73. The zero-order valence-electron chi connectivity index (χ0n) is 13.5. The van der Waals surface area contributed by atoms with Crippen LogP contribution in [0.5, 0.6) is 5.75 Å². The van der Waals surface area contributed by atoms with Gasteiger partial charge in [-0.25, -0.2) is 0 Å². The molecule has 1 aromatic carbocycles. The molecule has 0 unspecified atom stereocenters. The summed E-state index contributed by atoms with van der Waals surface area (Å²) in [4.78, 5) is 35.1. The normalized spacial score (nSPS) is 14.4. The van der Waals surface area contributed by atoms with Crippen LogP contribution in [0.3, 0.4) is 0 Å². The van der Waals surface area contributed by atoms with Crippen LogP contribution in [0.4, 0.5) is 8.78 Å². The molecule has 136 valence electrons. The van der Waals surface area contributed by atoms with E-state index in [1.807, 2.05) is 0 Å². The summed E-state index contributed by atoms with van der Waals surface area (Å²) in [5, 5.41) is 2.06. The highest BCUT2D eigenvalue weighted by molar-refractivity contribution is 6.05. The lowest BCUT2D eigenvalue weighted by atomic mass is 10.1. The number of benzene rings is 1. The first-order valence-electron chi connectivity index (χ1n) is 7.98. The number of halogens is 2. The van der Waals surface area contributed by atoms with E-state index in [-0.39, 0.29) is 17.7 Å². The SMILES string of the molecule is O=C(COC(=O)CC1CCCC1)NC(=O)c1ccc(OC(F)F)cc1. The lowest BCUT2D eigenvalue weighted by Crippen LogP contribution is -2.34. The van der Waals surface area contributed by atoms with Crippen molar-refractivity contribution in [3.63, 3.8) is 0 Å². The number of carbonyl (C=O) groups excluding carboxylic acids is 3. The quantitative estimate of drug-likeness (QED) is 0.761. The van der Waals surface area contributed by atoms with Crippen LogP contribution in [0.1, 0.15) is 42.5 Å². The van der Waals surface area contributed by atoms with Gasteiger partial charge < -0.3 is 9.47 Å². The molecule has 0 heterocycles. The molecule has 0 aromatic heterocycles. The van der Waals surface area contributed by atoms with Gasteiger partial charge in [0.2, 0.25) is 0 Å². The molecule has 0 atom stereocenters. The number of rotatable bonds is 7. The maximum Gasteiger partial charge on any atom is 0.387 e. The van der Waals surface area contributed by atoms with E-state index in [0.717, 1.165) is 25.7 Å². The van der Waals surface area contributed by atoms with E-state index in [4.69, 9.17) is 4.74 Å². The van der Waals surface area contributed by atoms with Gasteiger partial charge >= 0.3 is 12.6 Å². The maximum absolute atomic E-state index is 12.0. The summed E-state index contributed by atoms with van der Waals surface area (Å²) in [5.41, 5.74) is 0.0900. The number of imide groups is 1. The fourth-order valence-corrected chi connectivity index (χ4v) is 2.68. The molecule has 6 nitrogen and oxygen atoms in total. The third-order valence-electron chi connectivity index (χ3n) is 3.89. The minimum absolute atomic E-state index is 0.0900. The van der Waals surface area contributed by atoms with E-state index in [2.05, 4.69) is 10.1 Å². The molecule has 1 aromatic rings. The van der Waals surface area contributed by atoms with Crippen molar-refractivity contribution >= 4 is 17.8 Å². The van der Waals surface area contributed by atoms with E-state index >= 15 is 0 Å². The van der Waals surface area contributed by atoms with E-state index in [1.165, 1.54) is 24.3 Å². The first kappa shape index (κ1) is 18.8. The minimum Gasteiger partial charge on any atom is -0.456 e. The second-order valence-electron chi connectivity index (χ2n) is 5.80. The second-order valence-corrected chi connectivity index (χ2v) is 5.80. The highest BCUT2D eigenvalue weighted by Crippen LogP contribution is 2.27. The predicted octanol–water partition coefficient (Wildman–Crippen LogP) is 2.67. The number of amides is 2. The van der Waals surface area contributed by atoms with Gasteiger partial charge in [0.25, 0.3) is 11.8 Å². The van der Waals surface area contributed by atoms with Crippen molar-refractivity contribution in [1.29, 1.82) is 0 Å². The van der Waals surface area contributed by atoms with Crippen LogP contribution in [0, 0.1) is 5.92 Å². The molecule has 25 heavy (non-hydrogen) atoms. The van der Waals surface area contributed by atoms with Gasteiger partial charge in [-0.05, 0) is 43.0 Å². The highest BCUT2D eigenvalue weighted by atomic mass is 19.3. The largest absolute Gasteiger partial charge is 0.456 e. The van der Waals surface area contributed by atoms with Gasteiger partial charge in [0.15, 0.2) is 6.61 Å². The van der Waals surface area contributed by atoms with Crippen molar-refractivity contribution in [3.05, 3.63) is 29.8 Å². The van der Waals surface area contributed by atoms with Crippen molar-refractivity contribution in [2.75, 3.05) is 6.61 Å². The maximum atomic E-state index is 12.0. The lowest BCUT2D eigenvalue weighted by molar-refractivity contribution is -0.149. The number of alkyl halides is 2. The van der Waals surface area contributed by atoms with E-state index in [0.29, 0.717) is 5.92 Å². The molecule has 2 rings (SSSR count). The van der Waals surface area contributed by atoms with Crippen molar-refractivity contribution < 1.29 is 32.6 Å². The van der Waals surface area contributed by atoms with E-state index in [9.17, 15) is 23.2 Å². The Hall–Kier alpha value is -2.51. The van der Waals surface area contributed by atoms with Gasteiger partial charge in [0.1, 0.15) is 5.75 Å². The van der Waals surface area contributed by atoms with Crippen LogP contribution in [-0.2, 0) is 14.3 Å². The molecular weight excluding hydrogens is 336 g/mol. The Morgan fingerprint density at radius 3 is 2.36 bits per heavy atom. The lowest BCUT2D eigenvalue weighted by Gasteiger charge is -2.09. The zero-order chi connectivity index (χ0) is 18.2. The van der Waals surface area contributed by atoms with Crippen LogP contribution < -0.4 is 10.1 Å².